The summed E-state index contributed by atoms with van der Waals surface area (Å²) in [6, 6.07) is 16.9. The van der Waals surface area contributed by atoms with Crippen molar-refractivity contribution in [2.24, 2.45) is 0 Å². The summed E-state index contributed by atoms with van der Waals surface area (Å²) in [6.45, 7) is 6.43. The maximum absolute atomic E-state index is 12.8. The van der Waals surface area contributed by atoms with Gasteiger partial charge in [0, 0.05) is 50.5 Å². The zero-order valence-corrected chi connectivity index (χ0v) is 25.8. The van der Waals surface area contributed by atoms with Gasteiger partial charge in [0.15, 0.2) is 10.9 Å². The monoisotopic (exact) mass is 635 g/mol. The molecule has 5 rings (SSSR count). The first-order valence-electron chi connectivity index (χ1n) is 12.8. The van der Waals surface area contributed by atoms with Crippen LogP contribution in [0.4, 0.5) is 10.8 Å². The minimum Gasteiger partial charge on any atom is -0.493 e. The number of thiazole rings is 1. The molecule has 0 unspecified atom stereocenters. The number of halogens is 2. The standard InChI is InChI=1S/C28H30ClN5O4S2.ClH/c1-19-6-8-22(9-7-19)40(36,37)32-21-5-3-4-20(18-21)27(35)30-12-13-33-14-16-34(17-15-33)28-31-25-24(39-28)11-10-23(29)26(25)38-2;/h3-11,18,32H,12-17H2,1-2H3,(H,30,35);1H. The van der Waals surface area contributed by atoms with E-state index in [2.05, 4.69) is 19.8 Å². The highest BCUT2D eigenvalue weighted by atomic mass is 35.5. The van der Waals surface area contributed by atoms with Crippen LogP contribution < -0.4 is 19.7 Å². The minimum atomic E-state index is -3.75. The Morgan fingerprint density at radius 2 is 1.80 bits per heavy atom. The van der Waals surface area contributed by atoms with Gasteiger partial charge >= 0.3 is 0 Å². The van der Waals surface area contributed by atoms with Crippen molar-refractivity contribution in [3.8, 4) is 5.75 Å². The van der Waals surface area contributed by atoms with Gasteiger partial charge in [-0.3, -0.25) is 14.4 Å². The number of sulfonamides is 1. The highest BCUT2D eigenvalue weighted by Crippen LogP contribution is 2.38. The number of aryl methyl sites for hydroxylation is 1. The summed E-state index contributed by atoms with van der Waals surface area (Å²) in [7, 11) is -2.15. The van der Waals surface area contributed by atoms with E-state index in [-0.39, 0.29) is 23.2 Å². The van der Waals surface area contributed by atoms with Crippen LogP contribution in [0.5, 0.6) is 5.75 Å². The van der Waals surface area contributed by atoms with Crippen molar-refractivity contribution in [3.63, 3.8) is 0 Å². The summed E-state index contributed by atoms with van der Waals surface area (Å²) >= 11 is 7.87. The zero-order valence-electron chi connectivity index (χ0n) is 22.6. The van der Waals surface area contributed by atoms with Crippen molar-refractivity contribution in [2.45, 2.75) is 11.8 Å². The molecule has 0 atom stereocenters. The van der Waals surface area contributed by atoms with E-state index in [0.717, 1.165) is 47.1 Å². The number of aromatic nitrogens is 1. The van der Waals surface area contributed by atoms with Gasteiger partial charge in [0.25, 0.3) is 15.9 Å². The summed E-state index contributed by atoms with van der Waals surface area (Å²) in [4.78, 5) is 22.3. The fourth-order valence-electron chi connectivity index (χ4n) is 4.51. The van der Waals surface area contributed by atoms with E-state index in [4.69, 9.17) is 21.3 Å². The molecule has 1 amide bonds. The van der Waals surface area contributed by atoms with Crippen molar-refractivity contribution in [1.29, 1.82) is 0 Å². The molecule has 0 bridgehead atoms. The van der Waals surface area contributed by atoms with E-state index in [1.165, 1.54) is 0 Å². The van der Waals surface area contributed by atoms with Crippen LogP contribution in [-0.2, 0) is 10.0 Å². The first-order valence-corrected chi connectivity index (χ1v) is 15.5. The number of nitrogens with zero attached hydrogens (tertiary/aromatic N) is 3. The molecular weight excluding hydrogens is 605 g/mol. The Balaban J connectivity index is 0.00000387. The van der Waals surface area contributed by atoms with E-state index < -0.39 is 10.0 Å². The van der Waals surface area contributed by atoms with Crippen molar-refractivity contribution in [1.82, 2.24) is 15.2 Å². The van der Waals surface area contributed by atoms with Crippen molar-refractivity contribution < 1.29 is 17.9 Å². The maximum atomic E-state index is 12.8. The summed E-state index contributed by atoms with van der Waals surface area (Å²) in [5.74, 6) is 0.349. The summed E-state index contributed by atoms with van der Waals surface area (Å²) < 4.78 is 34.4. The third-order valence-electron chi connectivity index (χ3n) is 6.72. The lowest BCUT2D eigenvalue weighted by molar-refractivity contribution is 0.0948. The second-order valence-electron chi connectivity index (χ2n) is 9.51. The average Bonchev–Trinajstić information content (AvgIpc) is 3.38. The molecule has 1 fully saturated rings. The van der Waals surface area contributed by atoms with Crippen LogP contribution in [0.25, 0.3) is 10.2 Å². The van der Waals surface area contributed by atoms with Crippen LogP contribution in [0.3, 0.4) is 0 Å². The molecule has 0 spiro atoms. The predicted molar refractivity (Wildman–Crippen MR) is 168 cm³/mol. The summed E-state index contributed by atoms with van der Waals surface area (Å²) in [5.41, 5.74) is 2.48. The second kappa shape index (κ2) is 13.3. The molecule has 0 radical (unpaired) electrons. The van der Waals surface area contributed by atoms with Gasteiger partial charge in [-0.05, 0) is 49.4 Å². The number of amides is 1. The van der Waals surface area contributed by atoms with Gasteiger partial charge < -0.3 is 15.0 Å². The first kappa shape index (κ1) is 30.9. The third kappa shape index (κ3) is 7.22. The van der Waals surface area contributed by atoms with Gasteiger partial charge in [0.2, 0.25) is 0 Å². The number of carbonyl (C=O) groups excluding carboxylic acids is 1. The van der Waals surface area contributed by atoms with Gasteiger partial charge in [-0.15, -0.1) is 12.4 Å². The molecule has 1 aromatic heterocycles. The Labute approximate surface area is 254 Å². The quantitative estimate of drug-likeness (QED) is 0.265. The number of anilines is 2. The van der Waals surface area contributed by atoms with E-state index in [1.807, 2.05) is 19.1 Å². The Kier molecular flexibility index (Phi) is 9.98. The van der Waals surface area contributed by atoms with Gasteiger partial charge in [0.1, 0.15) is 5.52 Å². The van der Waals surface area contributed by atoms with Crippen molar-refractivity contribution in [2.75, 3.05) is 56.0 Å². The topological polar surface area (TPSA) is 104 Å². The smallest absolute Gasteiger partial charge is 0.261 e. The molecular formula is C28H31Cl2N5O4S2. The van der Waals surface area contributed by atoms with E-state index in [0.29, 0.717) is 35.1 Å². The fraction of sp³-hybridized carbons (Fsp3) is 0.286. The van der Waals surface area contributed by atoms with Crippen LogP contribution in [0.2, 0.25) is 5.02 Å². The molecule has 1 aliphatic heterocycles. The van der Waals surface area contributed by atoms with E-state index in [9.17, 15) is 13.2 Å². The predicted octanol–water partition coefficient (Wildman–Crippen LogP) is 5.04. The molecule has 9 nitrogen and oxygen atoms in total. The summed E-state index contributed by atoms with van der Waals surface area (Å²) in [5, 5.41) is 4.44. The van der Waals surface area contributed by atoms with Crippen LogP contribution >= 0.6 is 35.3 Å². The average molecular weight is 637 g/mol. The van der Waals surface area contributed by atoms with Gasteiger partial charge in [-0.2, -0.15) is 0 Å². The Bertz CT molecular complexity index is 1620. The molecule has 2 N–H and O–H groups in total. The number of carbonyl (C=O) groups is 1. The molecule has 1 aliphatic rings. The lowest BCUT2D eigenvalue weighted by atomic mass is 10.2. The van der Waals surface area contributed by atoms with E-state index in [1.54, 1.807) is 67.0 Å². The number of fused-ring (bicyclic) bond motifs is 1. The largest absolute Gasteiger partial charge is 0.493 e. The highest BCUT2D eigenvalue weighted by Gasteiger charge is 2.22. The molecule has 41 heavy (non-hydrogen) atoms. The first-order chi connectivity index (χ1) is 19.2. The maximum Gasteiger partial charge on any atom is 0.261 e. The molecule has 13 heteroatoms. The van der Waals surface area contributed by atoms with Gasteiger partial charge in [-0.1, -0.05) is 46.7 Å². The molecule has 3 aromatic carbocycles. The van der Waals surface area contributed by atoms with Gasteiger partial charge in [0.05, 0.1) is 21.7 Å². The molecule has 1 saturated heterocycles. The minimum absolute atomic E-state index is 0. The molecule has 218 valence electrons. The van der Waals surface area contributed by atoms with Crippen molar-refractivity contribution in [3.05, 3.63) is 76.8 Å². The van der Waals surface area contributed by atoms with Crippen LogP contribution in [0.15, 0.2) is 65.6 Å². The number of benzene rings is 3. The van der Waals surface area contributed by atoms with Crippen LogP contribution in [0, 0.1) is 6.92 Å². The van der Waals surface area contributed by atoms with Crippen molar-refractivity contribution >= 4 is 72.3 Å². The lowest BCUT2D eigenvalue weighted by Crippen LogP contribution is -2.48. The Morgan fingerprint density at radius 3 is 2.51 bits per heavy atom. The number of methoxy groups -OCH3 is 1. The molecule has 2 heterocycles. The number of nitrogens with one attached hydrogen (secondary N) is 2. The Morgan fingerprint density at radius 1 is 1.07 bits per heavy atom. The Hall–Kier alpha value is -3.09. The molecule has 0 aliphatic carbocycles. The van der Waals surface area contributed by atoms with Crippen LogP contribution in [-0.4, -0.2) is 70.6 Å². The molecule has 0 saturated carbocycles. The molecule has 4 aromatic rings. The summed E-state index contributed by atoms with van der Waals surface area (Å²) in [6.07, 6.45) is 0. The number of piperazine rings is 1. The zero-order chi connectivity index (χ0) is 28.3. The SMILES string of the molecule is COc1c(Cl)ccc2sc(N3CCN(CCNC(=O)c4cccc(NS(=O)(=O)c5ccc(C)cc5)c4)CC3)nc12.Cl. The number of hydrogen-bond donors (Lipinski definition) is 2. The van der Waals surface area contributed by atoms with Crippen LogP contribution in [0.1, 0.15) is 15.9 Å². The fourth-order valence-corrected chi connectivity index (χ4v) is 6.81. The second-order valence-corrected chi connectivity index (χ2v) is 12.6. The number of ether oxygens (including phenoxy) is 1. The third-order valence-corrected chi connectivity index (χ3v) is 9.50. The van der Waals surface area contributed by atoms with E-state index >= 15 is 0 Å². The lowest BCUT2D eigenvalue weighted by Gasteiger charge is -2.34. The van der Waals surface area contributed by atoms with Gasteiger partial charge in [-0.25, -0.2) is 13.4 Å². The normalized spacial score (nSPS) is 14.0. The number of hydrogen-bond acceptors (Lipinski definition) is 8. The highest BCUT2D eigenvalue weighted by molar-refractivity contribution is 7.92. The number of rotatable bonds is 9.